The highest BCUT2D eigenvalue weighted by Crippen LogP contribution is 2.50. The third kappa shape index (κ3) is 1.79. The second-order valence-corrected chi connectivity index (χ2v) is 6.93. The highest BCUT2D eigenvalue weighted by molar-refractivity contribution is 5.37. The molecule has 3 aliphatic heterocycles. The van der Waals surface area contributed by atoms with Crippen LogP contribution in [0.15, 0.2) is 24.3 Å². The molecule has 2 fully saturated rings. The fourth-order valence-electron chi connectivity index (χ4n) is 4.74. The molecule has 0 radical (unpaired) electrons. The molecule has 1 aromatic rings. The molecule has 0 aliphatic carbocycles. The largest absolute Gasteiger partial charge is 0.493 e. The Morgan fingerprint density at radius 1 is 1.33 bits per heavy atom. The van der Waals surface area contributed by atoms with E-state index in [0.29, 0.717) is 13.2 Å². The highest BCUT2D eigenvalue weighted by Gasteiger charge is 2.60. The zero-order chi connectivity index (χ0) is 14.5. The van der Waals surface area contributed by atoms with Crippen LogP contribution in [0.1, 0.15) is 24.8 Å². The number of nitrogens with zero attached hydrogens (tertiary/aromatic N) is 1. The Bertz CT molecular complexity index is 549. The summed E-state index contributed by atoms with van der Waals surface area (Å²) < 4.78 is 6.00. The van der Waals surface area contributed by atoms with Crippen molar-refractivity contribution in [2.45, 2.75) is 37.3 Å². The summed E-state index contributed by atoms with van der Waals surface area (Å²) in [5.74, 6) is 0.950. The van der Waals surface area contributed by atoms with E-state index in [1.54, 1.807) is 0 Å². The molecule has 2 saturated heterocycles. The Morgan fingerprint density at radius 2 is 2.19 bits per heavy atom. The van der Waals surface area contributed by atoms with E-state index in [2.05, 4.69) is 11.0 Å². The van der Waals surface area contributed by atoms with Gasteiger partial charge < -0.3 is 15.6 Å². The molecular formula is C17H24N2O2. The first-order chi connectivity index (χ1) is 10.2. The molecule has 21 heavy (non-hydrogen) atoms. The van der Waals surface area contributed by atoms with Crippen molar-refractivity contribution in [2.24, 2.45) is 11.1 Å². The first kappa shape index (κ1) is 13.6. The van der Waals surface area contributed by atoms with Crippen molar-refractivity contribution in [1.29, 1.82) is 0 Å². The maximum Gasteiger partial charge on any atom is 0.122 e. The second-order valence-electron chi connectivity index (χ2n) is 6.93. The van der Waals surface area contributed by atoms with Gasteiger partial charge in [0.2, 0.25) is 0 Å². The number of hydrogen-bond donors (Lipinski definition) is 2. The lowest BCUT2D eigenvalue weighted by atomic mass is 9.64. The smallest absolute Gasteiger partial charge is 0.122 e. The van der Waals surface area contributed by atoms with Crippen LogP contribution in [0, 0.1) is 5.41 Å². The average molecular weight is 288 g/mol. The summed E-state index contributed by atoms with van der Waals surface area (Å²) in [6.45, 7) is 3.11. The summed E-state index contributed by atoms with van der Waals surface area (Å²) in [6.07, 6.45) is 3.91. The number of benzene rings is 1. The van der Waals surface area contributed by atoms with Crippen molar-refractivity contribution in [1.82, 2.24) is 4.90 Å². The van der Waals surface area contributed by atoms with Crippen molar-refractivity contribution < 1.29 is 9.84 Å². The summed E-state index contributed by atoms with van der Waals surface area (Å²) in [5.41, 5.74) is 6.29. The van der Waals surface area contributed by atoms with E-state index in [9.17, 15) is 5.11 Å². The molecule has 3 N–H and O–H groups in total. The van der Waals surface area contributed by atoms with Gasteiger partial charge in [-0.05, 0) is 43.9 Å². The van der Waals surface area contributed by atoms with Crippen LogP contribution in [0.25, 0.3) is 0 Å². The third-order valence-corrected chi connectivity index (χ3v) is 6.01. The SMILES string of the molecule is NCC1(C2(O)CCN3CCCC32)COc2ccccc2C1. The van der Waals surface area contributed by atoms with Gasteiger partial charge in [-0.3, -0.25) is 4.90 Å². The fourth-order valence-corrected chi connectivity index (χ4v) is 4.74. The van der Waals surface area contributed by atoms with Crippen LogP contribution in [-0.2, 0) is 6.42 Å². The van der Waals surface area contributed by atoms with Gasteiger partial charge in [0.05, 0.1) is 17.6 Å². The Balaban J connectivity index is 1.72. The lowest BCUT2D eigenvalue weighted by Gasteiger charge is -2.49. The maximum atomic E-state index is 11.6. The lowest BCUT2D eigenvalue weighted by molar-refractivity contribution is -0.120. The monoisotopic (exact) mass is 288 g/mol. The molecule has 3 heterocycles. The molecular weight excluding hydrogens is 264 g/mol. The molecule has 4 rings (SSSR count). The van der Waals surface area contributed by atoms with E-state index in [-0.39, 0.29) is 11.5 Å². The van der Waals surface area contributed by atoms with Crippen LogP contribution in [0.5, 0.6) is 5.75 Å². The molecule has 3 atom stereocenters. The molecule has 0 spiro atoms. The normalized spacial score (nSPS) is 38.9. The van der Waals surface area contributed by atoms with Crippen molar-refractivity contribution in [3.05, 3.63) is 29.8 Å². The van der Waals surface area contributed by atoms with Gasteiger partial charge in [-0.25, -0.2) is 0 Å². The molecule has 4 heteroatoms. The molecule has 3 unspecified atom stereocenters. The molecule has 0 saturated carbocycles. The number of aliphatic hydroxyl groups is 1. The molecule has 114 valence electrons. The van der Waals surface area contributed by atoms with Gasteiger partial charge >= 0.3 is 0 Å². The van der Waals surface area contributed by atoms with E-state index < -0.39 is 5.60 Å². The van der Waals surface area contributed by atoms with Gasteiger partial charge in [0, 0.05) is 19.1 Å². The van der Waals surface area contributed by atoms with Crippen molar-refractivity contribution in [3.8, 4) is 5.75 Å². The van der Waals surface area contributed by atoms with Crippen LogP contribution in [-0.4, -0.2) is 47.9 Å². The summed E-state index contributed by atoms with van der Waals surface area (Å²) >= 11 is 0. The zero-order valence-corrected chi connectivity index (χ0v) is 12.4. The summed E-state index contributed by atoms with van der Waals surface area (Å²) in [4.78, 5) is 2.44. The fraction of sp³-hybridized carbons (Fsp3) is 0.647. The maximum absolute atomic E-state index is 11.6. The molecule has 3 aliphatic rings. The minimum absolute atomic E-state index is 0.259. The number of hydrogen-bond acceptors (Lipinski definition) is 4. The van der Waals surface area contributed by atoms with Gasteiger partial charge in [-0.15, -0.1) is 0 Å². The summed E-state index contributed by atoms with van der Waals surface area (Å²) in [6, 6.07) is 8.40. The van der Waals surface area contributed by atoms with E-state index in [4.69, 9.17) is 10.5 Å². The molecule has 4 nitrogen and oxygen atoms in total. The Morgan fingerprint density at radius 3 is 3.05 bits per heavy atom. The van der Waals surface area contributed by atoms with E-state index in [1.807, 2.05) is 18.2 Å². The van der Waals surface area contributed by atoms with Crippen molar-refractivity contribution in [3.63, 3.8) is 0 Å². The standard InChI is InChI=1S/C17H24N2O2/c18-11-16(10-13-4-1-2-5-14(13)21-12-16)17(20)7-9-19-8-3-6-15(17)19/h1-2,4-5,15,20H,3,6-12,18H2. The van der Waals surface area contributed by atoms with Gasteiger partial charge in [0.1, 0.15) is 5.75 Å². The van der Waals surface area contributed by atoms with Crippen molar-refractivity contribution in [2.75, 3.05) is 26.2 Å². The van der Waals surface area contributed by atoms with Gasteiger partial charge in [0.25, 0.3) is 0 Å². The first-order valence-corrected chi connectivity index (χ1v) is 8.06. The molecule has 1 aromatic carbocycles. The number of ether oxygens (including phenoxy) is 1. The van der Waals surface area contributed by atoms with Crippen LogP contribution in [0.2, 0.25) is 0 Å². The highest BCUT2D eigenvalue weighted by atomic mass is 16.5. The minimum Gasteiger partial charge on any atom is -0.493 e. The van der Waals surface area contributed by atoms with Crippen LogP contribution >= 0.6 is 0 Å². The van der Waals surface area contributed by atoms with Gasteiger partial charge in [-0.1, -0.05) is 18.2 Å². The minimum atomic E-state index is -0.716. The summed E-state index contributed by atoms with van der Waals surface area (Å²) in [5, 5.41) is 11.6. The Labute approximate surface area is 125 Å². The van der Waals surface area contributed by atoms with E-state index in [0.717, 1.165) is 38.1 Å². The Hall–Kier alpha value is -1.10. The molecule has 0 bridgehead atoms. The second kappa shape index (κ2) is 4.70. The quantitative estimate of drug-likeness (QED) is 0.857. The van der Waals surface area contributed by atoms with Gasteiger partial charge in [0.15, 0.2) is 0 Å². The number of rotatable bonds is 2. The molecule has 0 amide bonds. The van der Waals surface area contributed by atoms with Crippen LogP contribution in [0.4, 0.5) is 0 Å². The van der Waals surface area contributed by atoms with Crippen LogP contribution < -0.4 is 10.5 Å². The summed E-state index contributed by atoms with van der Waals surface area (Å²) in [7, 11) is 0. The number of para-hydroxylation sites is 1. The number of nitrogens with two attached hydrogens (primary N) is 1. The molecule has 0 aromatic heterocycles. The van der Waals surface area contributed by atoms with E-state index >= 15 is 0 Å². The lowest BCUT2D eigenvalue weighted by Crippen LogP contribution is -2.62. The third-order valence-electron chi connectivity index (χ3n) is 6.01. The predicted molar refractivity (Wildman–Crippen MR) is 81.3 cm³/mol. The van der Waals surface area contributed by atoms with Gasteiger partial charge in [-0.2, -0.15) is 0 Å². The first-order valence-electron chi connectivity index (χ1n) is 8.06. The topological polar surface area (TPSA) is 58.7 Å². The Kier molecular flexibility index (Phi) is 3.03. The predicted octanol–water partition coefficient (Wildman–Crippen LogP) is 1.17. The van der Waals surface area contributed by atoms with Crippen LogP contribution in [0.3, 0.4) is 0 Å². The van der Waals surface area contributed by atoms with E-state index in [1.165, 1.54) is 12.0 Å². The average Bonchev–Trinajstić information content (AvgIpc) is 3.12. The number of fused-ring (bicyclic) bond motifs is 2. The zero-order valence-electron chi connectivity index (χ0n) is 12.4. The van der Waals surface area contributed by atoms with Crippen molar-refractivity contribution >= 4 is 0 Å².